The molecule has 2 heterocycles. The smallest absolute Gasteiger partial charge is 0.253 e. The van der Waals surface area contributed by atoms with Gasteiger partial charge in [0.25, 0.3) is 5.91 Å². The first-order valence-corrected chi connectivity index (χ1v) is 7.26. The van der Waals surface area contributed by atoms with Gasteiger partial charge in [-0.15, -0.1) is 0 Å². The van der Waals surface area contributed by atoms with Gasteiger partial charge in [0.05, 0.1) is 5.56 Å². The second-order valence-corrected chi connectivity index (χ2v) is 7.23. The minimum atomic E-state index is -0.0901. The van der Waals surface area contributed by atoms with Crippen molar-refractivity contribution in [3.05, 3.63) is 29.0 Å². The normalized spacial score (nSPS) is 21.4. The lowest BCUT2D eigenvalue weighted by atomic mass is 9.79. The molecule has 0 saturated carbocycles. The highest BCUT2D eigenvalue weighted by Crippen LogP contribution is 2.28. The minimum Gasteiger partial charge on any atom is -0.349 e. The van der Waals surface area contributed by atoms with Crippen LogP contribution < -0.4 is 10.6 Å². The predicted octanol–water partition coefficient (Wildman–Crippen LogP) is 2.77. The first kappa shape index (κ1) is 15.3. The molecule has 1 aliphatic rings. The Hall–Kier alpha value is -1.13. The number of amides is 1. The molecule has 0 unspecified atom stereocenters. The number of hydrogen-bond donors (Lipinski definition) is 2. The largest absolute Gasteiger partial charge is 0.349 e. The zero-order valence-electron chi connectivity index (χ0n) is 12.5. The van der Waals surface area contributed by atoms with E-state index in [-0.39, 0.29) is 23.0 Å². The molecular formula is C15H22ClN3O. The Labute approximate surface area is 125 Å². The average Bonchev–Trinajstić information content (AvgIpc) is 2.25. The summed E-state index contributed by atoms with van der Waals surface area (Å²) in [5, 5.41) is 7.10. The number of halogens is 1. The standard InChI is InChI=1S/C15H22ClN3O/c1-14(2)7-11(8-15(3,4)19-14)18-13(20)10-5-6-12(16)17-9-10/h5-6,9,11,19H,7-8H2,1-4H3,(H,18,20). The van der Waals surface area contributed by atoms with Crippen LogP contribution in [0.3, 0.4) is 0 Å². The number of carbonyl (C=O) groups is 1. The summed E-state index contributed by atoms with van der Waals surface area (Å²) in [5.41, 5.74) is 0.569. The molecule has 1 saturated heterocycles. The number of pyridine rings is 1. The average molecular weight is 296 g/mol. The maximum atomic E-state index is 12.2. The molecular weight excluding hydrogens is 274 g/mol. The SMILES string of the molecule is CC1(C)CC(NC(=O)c2ccc(Cl)nc2)CC(C)(C)N1. The summed E-state index contributed by atoms with van der Waals surface area (Å²) in [4.78, 5) is 16.2. The van der Waals surface area contributed by atoms with Gasteiger partial charge in [-0.1, -0.05) is 11.6 Å². The van der Waals surface area contributed by atoms with E-state index in [2.05, 4.69) is 43.3 Å². The van der Waals surface area contributed by atoms with Crippen LogP contribution in [0.25, 0.3) is 0 Å². The van der Waals surface area contributed by atoms with Gasteiger partial charge in [-0.05, 0) is 52.7 Å². The van der Waals surface area contributed by atoms with Gasteiger partial charge in [0.1, 0.15) is 5.15 Å². The summed E-state index contributed by atoms with van der Waals surface area (Å²) < 4.78 is 0. The summed E-state index contributed by atoms with van der Waals surface area (Å²) in [6, 6.07) is 3.49. The first-order valence-electron chi connectivity index (χ1n) is 6.89. The quantitative estimate of drug-likeness (QED) is 0.825. The Morgan fingerprint density at radius 3 is 2.40 bits per heavy atom. The Morgan fingerprint density at radius 2 is 1.90 bits per heavy atom. The third-order valence-corrected chi connectivity index (χ3v) is 3.74. The monoisotopic (exact) mass is 295 g/mol. The predicted molar refractivity (Wildman–Crippen MR) is 81.0 cm³/mol. The van der Waals surface area contributed by atoms with Crippen LogP contribution in [-0.4, -0.2) is 28.0 Å². The van der Waals surface area contributed by atoms with Gasteiger partial charge >= 0.3 is 0 Å². The number of nitrogens with one attached hydrogen (secondary N) is 2. The second kappa shape index (κ2) is 5.34. The van der Waals surface area contributed by atoms with Crippen LogP contribution in [0, 0.1) is 0 Å². The van der Waals surface area contributed by atoms with Crippen molar-refractivity contribution in [3.63, 3.8) is 0 Å². The number of aromatic nitrogens is 1. The van der Waals surface area contributed by atoms with Crippen LogP contribution in [0.4, 0.5) is 0 Å². The molecule has 1 aliphatic heterocycles. The Balaban J connectivity index is 2.05. The zero-order valence-corrected chi connectivity index (χ0v) is 13.2. The highest BCUT2D eigenvalue weighted by molar-refractivity contribution is 6.29. The summed E-state index contributed by atoms with van der Waals surface area (Å²) >= 11 is 5.73. The topological polar surface area (TPSA) is 54.0 Å². The maximum absolute atomic E-state index is 12.2. The van der Waals surface area contributed by atoms with Crippen molar-refractivity contribution in [2.75, 3.05) is 0 Å². The molecule has 0 bridgehead atoms. The molecule has 0 spiro atoms. The first-order chi connectivity index (χ1) is 9.17. The van der Waals surface area contributed by atoms with E-state index < -0.39 is 0 Å². The lowest BCUT2D eigenvalue weighted by Crippen LogP contribution is -2.62. The molecule has 2 rings (SSSR count). The van der Waals surface area contributed by atoms with Crippen molar-refractivity contribution >= 4 is 17.5 Å². The van der Waals surface area contributed by atoms with Crippen molar-refractivity contribution in [2.24, 2.45) is 0 Å². The van der Waals surface area contributed by atoms with E-state index in [1.807, 2.05) is 0 Å². The lowest BCUT2D eigenvalue weighted by Gasteiger charge is -2.46. The molecule has 0 radical (unpaired) electrons. The Morgan fingerprint density at radius 1 is 1.30 bits per heavy atom. The third-order valence-electron chi connectivity index (χ3n) is 3.51. The Kier molecular flexibility index (Phi) is 4.07. The molecule has 2 N–H and O–H groups in total. The summed E-state index contributed by atoms with van der Waals surface area (Å²) in [6.07, 6.45) is 3.32. The summed E-state index contributed by atoms with van der Waals surface area (Å²) in [7, 11) is 0. The van der Waals surface area contributed by atoms with Crippen molar-refractivity contribution in [3.8, 4) is 0 Å². The molecule has 1 aromatic heterocycles. The molecule has 1 aromatic rings. The van der Waals surface area contributed by atoms with Crippen LogP contribution in [-0.2, 0) is 0 Å². The van der Waals surface area contributed by atoms with Crippen molar-refractivity contribution in [1.82, 2.24) is 15.6 Å². The van der Waals surface area contributed by atoms with Crippen LogP contribution in [0.5, 0.6) is 0 Å². The minimum absolute atomic E-state index is 0.0118. The molecule has 4 nitrogen and oxygen atoms in total. The fourth-order valence-corrected chi connectivity index (χ4v) is 3.31. The van der Waals surface area contributed by atoms with E-state index in [1.165, 1.54) is 6.20 Å². The van der Waals surface area contributed by atoms with Crippen LogP contribution in [0.15, 0.2) is 18.3 Å². The van der Waals surface area contributed by atoms with Crippen LogP contribution in [0.1, 0.15) is 50.9 Å². The molecule has 1 fully saturated rings. The highest BCUT2D eigenvalue weighted by atomic mass is 35.5. The van der Waals surface area contributed by atoms with E-state index in [0.29, 0.717) is 10.7 Å². The Bertz CT molecular complexity index is 480. The molecule has 0 atom stereocenters. The number of nitrogens with zero attached hydrogens (tertiary/aromatic N) is 1. The van der Waals surface area contributed by atoms with E-state index in [9.17, 15) is 4.79 Å². The molecule has 5 heteroatoms. The molecule has 20 heavy (non-hydrogen) atoms. The maximum Gasteiger partial charge on any atom is 0.253 e. The third kappa shape index (κ3) is 3.93. The van der Waals surface area contributed by atoms with E-state index in [4.69, 9.17) is 11.6 Å². The van der Waals surface area contributed by atoms with E-state index in [1.54, 1.807) is 12.1 Å². The van der Waals surface area contributed by atoms with Crippen molar-refractivity contribution < 1.29 is 4.79 Å². The van der Waals surface area contributed by atoms with Crippen molar-refractivity contribution in [2.45, 2.75) is 57.7 Å². The van der Waals surface area contributed by atoms with Crippen molar-refractivity contribution in [1.29, 1.82) is 0 Å². The fourth-order valence-electron chi connectivity index (χ4n) is 3.20. The van der Waals surface area contributed by atoms with Crippen LogP contribution >= 0.6 is 11.6 Å². The molecule has 110 valence electrons. The fraction of sp³-hybridized carbons (Fsp3) is 0.600. The number of rotatable bonds is 2. The summed E-state index contributed by atoms with van der Waals surface area (Å²) in [5.74, 6) is -0.0901. The van der Waals surface area contributed by atoms with Gasteiger partial charge < -0.3 is 10.6 Å². The number of piperidine rings is 1. The highest BCUT2D eigenvalue weighted by Gasteiger charge is 2.38. The second-order valence-electron chi connectivity index (χ2n) is 6.84. The summed E-state index contributed by atoms with van der Waals surface area (Å²) in [6.45, 7) is 8.65. The van der Waals surface area contributed by atoms with E-state index >= 15 is 0 Å². The van der Waals surface area contributed by atoms with Gasteiger partial charge in [0.15, 0.2) is 0 Å². The van der Waals surface area contributed by atoms with Gasteiger partial charge in [0.2, 0.25) is 0 Å². The number of hydrogen-bond acceptors (Lipinski definition) is 3. The van der Waals surface area contributed by atoms with Gasteiger partial charge in [-0.3, -0.25) is 4.79 Å². The molecule has 0 aromatic carbocycles. The lowest BCUT2D eigenvalue weighted by molar-refractivity contribution is 0.0873. The molecule has 1 amide bonds. The van der Waals surface area contributed by atoms with Gasteiger partial charge in [0, 0.05) is 23.3 Å². The molecule has 0 aliphatic carbocycles. The van der Waals surface area contributed by atoms with Gasteiger partial charge in [-0.2, -0.15) is 0 Å². The van der Waals surface area contributed by atoms with Gasteiger partial charge in [-0.25, -0.2) is 4.98 Å². The zero-order chi connectivity index (χ0) is 15.0. The number of carbonyl (C=O) groups excluding carboxylic acids is 1. The van der Waals surface area contributed by atoms with Crippen LogP contribution in [0.2, 0.25) is 5.15 Å². The van der Waals surface area contributed by atoms with E-state index in [0.717, 1.165) is 12.8 Å².